The second-order valence-electron chi connectivity index (χ2n) is 4.83. The third-order valence-electron chi connectivity index (χ3n) is 3.19. The molecule has 2 rings (SSSR count). The molecule has 0 fully saturated rings. The maximum Gasteiger partial charge on any atom is 0.212 e. The minimum Gasteiger partial charge on any atom is -0.497 e. The summed E-state index contributed by atoms with van der Waals surface area (Å²) in [5.74, 6) is 2.02. The van der Waals surface area contributed by atoms with Crippen LogP contribution in [-0.2, 0) is 20.1 Å². The van der Waals surface area contributed by atoms with Gasteiger partial charge in [0.25, 0.3) is 0 Å². The van der Waals surface area contributed by atoms with Crippen LogP contribution in [0, 0.1) is 0 Å². The molecule has 114 valence electrons. The Morgan fingerprint density at radius 1 is 1.38 bits per heavy atom. The highest BCUT2D eigenvalue weighted by Crippen LogP contribution is 2.26. The van der Waals surface area contributed by atoms with Crippen molar-refractivity contribution in [1.29, 1.82) is 0 Å². The predicted molar refractivity (Wildman–Crippen MR) is 78.1 cm³/mol. The van der Waals surface area contributed by atoms with Gasteiger partial charge < -0.3 is 15.2 Å². The zero-order valence-electron chi connectivity index (χ0n) is 12.6. The van der Waals surface area contributed by atoms with Crippen molar-refractivity contribution >= 4 is 0 Å². The molecule has 21 heavy (non-hydrogen) atoms. The predicted octanol–water partition coefficient (Wildman–Crippen LogP) is 1.08. The first kappa shape index (κ1) is 15.2. The van der Waals surface area contributed by atoms with E-state index >= 15 is 0 Å². The summed E-state index contributed by atoms with van der Waals surface area (Å²) < 4.78 is 11.0. The second-order valence-corrected chi connectivity index (χ2v) is 4.83. The summed E-state index contributed by atoms with van der Waals surface area (Å²) in [5.41, 5.74) is 7.08. The highest BCUT2D eigenvalue weighted by molar-refractivity contribution is 5.41. The fourth-order valence-corrected chi connectivity index (χ4v) is 1.92. The summed E-state index contributed by atoms with van der Waals surface area (Å²) in [6.45, 7) is 2.33. The maximum absolute atomic E-state index is 6.03. The van der Waals surface area contributed by atoms with Crippen LogP contribution < -0.4 is 15.2 Å². The van der Waals surface area contributed by atoms with Gasteiger partial charge >= 0.3 is 0 Å². The Bertz CT molecular complexity index is 584. The van der Waals surface area contributed by atoms with Gasteiger partial charge in [-0.1, -0.05) is 13.0 Å². The molecule has 0 aliphatic rings. The Morgan fingerprint density at radius 3 is 2.81 bits per heavy atom. The van der Waals surface area contributed by atoms with Gasteiger partial charge in [-0.05, 0) is 29.7 Å². The van der Waals surface area contributed by atoms with E-state index in [4.69, 9.17) is 15.2 Å². The van der Waals surface area contributed by atoms with Crippen LogP contribution in [0.3, 0.4) is 0 Å². The molecule has 0 aliphatic heterocycles. The van der Waals surface area contributed by atoms with E-state index in [9.17, 15) is 0 Å². The number of aryl methyl sites for hydroxylation is 1. The molecule has 0 saturated carbocycles. The Balaban J connectivity index is 2.13. The van der Waals surface area contributed by atoms with Crippen LogP contribution in [0.25, 0.3) is 0 Å². The third kappa shape index (κ3) is 4.16. The Labute approximate surface area is 124 Å². The highest BCUT2D eigenvalue weighted by Gasteiger charge is 2.11. The quantitative estimate of drug-likeness (QED) is 0.821. The van der Waals surface area contributed by atoms with Crippen LogP contribution in [0.1, 0.15) is 24.7 Å². The van der Waals surface area contributed by atoms with Gasteiger partial charge in [0, 0.05) is 12.1 Å². The van der Waals surface area contributed by atoms with Crippen LogP contribution in [-0.4, -0.2) is 33.4 Å². The molecular weight excluding hydrogens is 270 g/mol. The average Bonchev–Trinajstić information content (AvgIpc) is 2.91. The Kier molecular flexibility index (Phi) is 5.10. The molecule has 1 aromatic carbocycles. The topological polar surface area (TPSA) is 88.1 Å². The lowest BCUT2D eigenvalue weighted by atomic mass is 10.0. The molecule has 1 aromatic heterocycles. The summed E-state index contributed by atoms with van der Waals surface area (Å²) in [5, 5.41) is 11.8. The van der Waals surface area contributed by atoms with Gasteiger partial charge in [-0.15, -0.1) is 10.2 Å². The average molecular weight is 291 g/mol. The van der Waals surface area contributed by atoms with Crippen molar-refractivity contribution in [3.8, 4) is 11.5 Å². The fourth-order valence-electron chi connectivity index (χ4n) is 1.92. The minimum absolute atomic E-state index is 0.107. The summed E-state index contributed by atoms with van der Waals surface area (Å²) in [7, 11) is 3.34. The van der Waals surface area contributed by atoms with Crippen molar-refractivity contribution in [2.45, 2.75) is 32.4 Å². The molecule has 1 unspecified atom stereocenters. The van der Waals surface area contributed by atoms with E-state index in [2.05, 4.69) is 22.3 Å². The van der Waals surface area contributed by atoms with Gasteiger partial charge in [0.1, 0.15) is 11.5 Å². The maximum atomic E-state index is 6.03. The fraction of sp³-hybridized carbons (Fsp3) is 0.500. The number of ether oxygens (including phenoxy) is 2. The number of rotatable bonds is 7. The molecule has 0 amide bonds. The van der Waals surface area contributed by atoms with Crippen LogP contribution >= 0.6 is 0 Å². The first-order valence-electron chi connectivity index (χ1n) is 6.90. The molecule has 0 aliphatic carbocycles. The van der Waals surface area contributed by atoms with E-state index in [0.29, 0.717) is 5.82 Å². The summed E-state index contributed by atoms with van der Waals surface area (Å²) >= 11 is 0. The normalized spacial score (nSPS) is 12.2. The minimum atomic E-state index is 0.107. The van der Waals surface area contributed by atoms with Crippen LogP contribution in [0.15, 0.2) is 18.2 Å². The smallest absolute Gasteiger partial charge is 0.212 e. The molecule has 0 radical (unpaired) electrons. The molecule has 7 nitrogen and oxygen atoms in total. The lowest BCUT2D eigenvalue weighted by Crippen LogP contribution is -2.21. The van der Waals surface area contributed by atoms with E-state index < -0.39 is 0 Å². The van der Waals surface area contributed by atoms with Crippen molar-refractivity contribution in [2.75, 3.05) is 7.11 Å². The molecular formula is C14H21N5O2. The highest BCUT2D eigenvalue weighted by atomic mass is 16.5. The summed E-state index contributed by atoms with van der Waals surface area (Å²) in [6.07, 6.45) is 1.67. The van der Waals surface area contributed by atoms with Gasteiger partial charge in [-0.2, -0.15) is 4.80 Å². The lowest BCUT2D eigenvalue weighted by Gasteiger charge is -2.14. The number of aromatic nitrogens is 4. The van der Waals surface area contributed by atoms with Crippen molar-refractivity contribution in [2.24, 2.45) is 12.8 Å². The van der Waals surface area contributed by atoms with Crippen molar-refractivity contribution in [1.82, 2.24) is 20.2 Å². The SMILES string of the molecule is CCC(N)Cc1ccc(OC)cc1OCc1nnn(C)n1. The van der Waals surface area contributed by atoms with Crippen LogP contribution in [0.2, 0.25) is 0 Å². The standard InChI is InChI=1S/C14H21N5O2/c1-4-11(15)7-10-5-6-12(20-3)8-13(10)21-9-14-16-18-19(2)17-14/h5-6,8,11H,4,7,9,15H2,1-3H3. The molecule has 0 saturated heterocycles. The molecule has 2 N–H and O–H groups in total. The van der Waals surface area contributed by atoms with E-state index in [1.807, 2.05) is 18.2 Å². The van der Waals surface area contributed by atoms with Crippen LogP contribution in [0.5, 0.6) is 11.5 Å². The van der Waals surface area contributed by atoms with E-state index in [1.165, 1.54) is 4.80 Å². The third-order valence-corrected chi connectivity index (χ3v) is 3.19. The largest absolute Gasteiger partial charge is 0.497 e. The molecule has 2 aromatic rings. The number of benzene rings is 1. The van der Waals surface area contributed by atoms with Gasteiger partial charge in [-0.3, -0.25) is 0 Å². The summed E-state index contributed by atoms with van der Waals surface area (Å²) in [6, 6.07) is 5.85. The Morgan fingerprint density at radius 2 is 2.19 bits per heavy atom. The second kappa shape index (κ2) is 7.03. The first-order chi connectivity index (χ1) is 10.1. The Hall–Kier alpha value is -2.15. The van der Waals surface area contributed by atoms with E-state index in [-0.39, 0.29) is 12.6 Å². The molecule has 1 heterocycles. The van der Waals surface area contributed by atoms with Gasteiger partial charge in [0.15, 0.2) is 6.61 Å². The van der Waals surface area contributed by atoms with Crippen molar-refractivity contribution in [3.63, 3.8) is 0 Å². The van der Waals surface area contributed by atoms with Gasteiger partial charge in [0.2, 0.25) is 5.82 Å². The number of hydrogen-bond acceptors (Lipinski definition) is 6. The van der Waals surface area contributed by atoms with Gasteiger partial charge in [0.05, 0.1) is 14.2 Å². The number of nitrogens with two attached hydrogens (primary N) is 1. The zero-order valence-corrected chi connectivity index (χ0v) is 12.6. The zero-order chi connectivity index (χ0) is 15.2. The molecule has 1 atom stereocenters. The molecule has 7 heteroatoms. The first-order valence-corrected chi connectivity index (χ1v) is 6.90. The molecule has 0 spiro atoms. The lowest BCUT2D eigenvalue weighted by molar-refractivity contribution is 0.289. The van der Waals surface area contributed by atoms with E-state index in [0.717, 1.165) is 29.9 Å². The van der Waals surface area contributed by atoms with Crippen molar-refractivity contribution < 1.29 is 9.47 Å². The summed E-state index contributed by atoms with van der Waals surface area (Å²) in [4.78, 5) is 1.40. The van der Waals surface area contributed by atoms with Crippen molar-refractivity contribution in [3.05, 3.63) is 29.6 Å². The number of nitrogens with zero attached hydrogens (tertiary/aromatic N) is 4. The van der Waals surface area contributed by atoms with Gasteiger partial charge in [-0.25, -0.2) is 0 Å². The number of methoxy groups -OCH3 is 1. The monoisotopic (exact) mass is 291 g/mol. The van der Waals surface area contributed by atoms with E-state index in [1.54, 1.807) is 14.2 Å². The number of tetrazole rings is 1. The molecule has 0 bridgehead atoms. The number of hydrogen-bond donors (Lipinski definition) is 1. The van der Waals surface area contributed by atoms with Crippen LogP contribution in [0.4, 0.5) is 0 Å².